The highest BCUT2D eigenvalue weighted by atomic mass is 16.4. The smallest absolute Gasteiger partial charge is 0.306 e. The molecule has 7 nitrogen and oxygen atoms in total. The average Bonchev–Trinajstić information content (AvgIpc) is 2.97. The van der Waals surface area contributed by atoms with Crippen molar-refractivity contribution in [2.24, 2.45) is 57.7 Å². The topological polar surface area (TPSA) is 129 Å². The van der Waals surface area contributed by atoms with Gasteiger partial charge in [0.25, 0.3) is 0 Å². The summed E-state index contributed by atoms with van der Waals surface area (Å²) in [6, 6.07) is 0. The van der Waals surface area contributed by atoms with E-state index in [0.717, 1.165) is 0 Å². The predicted molar refractivity (Wildman–Crippen MR) is 133 cm³/mol. The van der Waals surface area contributed by atoms with E-state index in [0.29, 0.717) is 32.1 Å². The predicted octanol–water partition coefficient (Wildman–Crippen LogP) is 3.68. The van der Waals surface area contributed by atoms with Crippen molar-refractivity contribution >= 4 is 23.3 Å². The highest BCUT2D eigenvalue weighted by molar-refractivity contribution is 5.88. The van der Waals surface area contributed by atoms with E-state index in [2.05, 4.69) is 6.92 Å². The van der Waals surface area contributed by atoms with E-state index in [1.54, 1.807) is 0 Å². The highest BCUT2D eigenvalue weighted by Gasteiger charge is 2.72. The van der Waals surface area contributed by atoms with Gasteiger partial charge < -0.3 is 15.3 Å². The maximum atomic E-state index is 13.9. The van der Waals surface area contributed by atoms with E-state index in [9.17, 15) is 29.4 Å². The SMILES string of the molecule is C[C@H](CC(=O)C[C@H](C)C(=O)O)[C@H]1C[C@H](O)[C@@]2(C)[C@H]3[C@H](C(=O)C[C@]12C)[C@@H]1CCC(=O)C(C)(C)[C@H]1C[C@H]3O. The van der Waals surface area contributed by atoms with Crippen molar-refractivity contribution in [1.29, 1.82) is 0 Å². The van der Waals surface area contributed by atoms with E-state index in [1.807, 2.05) is 27.7 Å². The summed E-state index contributed by atoms with van der Waals surface area (Å²) in [5, 5.41) is 32.3. The summed E-state index contributed by atoms with van der Waals surface area (Å²) < 4.78 is 0. The molecule has 0 aromatic carbocycles. The number of Topliss-reactive ketones (excluding diaryl/α,β-unsaturated/α-hetero) is 3. The monoisotopic (exact) mass is 504 g/mol. The lowest BCUT2D eigenvalue weighted by molar-refractivity contribution is -0.205. The van der Waals surface area contributed by atoms with Gasteiger partial charge in [-0.1, -0.05) is 41.5 Å². The van der Waals surface area contributed by atoms with Crippen molar-refractivity contribution in [3.05, 3.63) is 0 Å². The Morgan fingerprint density at radius 2 is 1.67 bits per heavy atom. The molecule has 0 heterocycles. The normalized spacial score (nSPS) is 45.3. The lowest BCUT2D eigenvalue weighted by Gasteiger charge is -2.63. The molecule has 4 aliphatic carbocycles. The second-order valence-electron chi connectivity index (χ2n) is 13.7. The Morgan fingerprint density at radius 3 is 2.28 bits per heavy atom. The van der Waals surface area contributed by atoms with Gasteiger partial charge in [0.1, 0.15) is 17.3 Å². The first-order valence-corrected chi connectivity index (χ1v) is 13.7. The van der Waals surface area contributed by atoms with Gasteiger partial charge in [-0.25, -0.2) is 0 Å². The van der Waals surface area contributed by atoms with E-state index in [1.165, 1.54) is 6.92 Å². The Kier molecular flexibility index (Phi) is 6.86. The van der Waals surface area contributed by atoms with Gasteiger partial charge in [0.2, 0.25) is 0 Å². The summed E-state index contributed by atoms with van der Waals surface area (Å²) in [5.74, 6) is -2.52. The van der Waals surface area contributed by atoms with Crippen LogP contribution in [0.1, 0.15) is 86.5 Å². The summed E-state index contributed by atoms with van der Waals surface area (Å²) in [4.78, 5) is 50.5. The third-order valence-corrected chi connectivity index (χ3v) is 11.6. The van der Waals surface area contributed by atoms with Gasteiger partial charge in [-0.15, -0.1) is 0 Å². The van der Waals surface area contributed by atoms with Gasteiger partial charge >= 0.3 is 5.97 Å². The molecule has 36 heavy (non-hydrogen) atoms. The number of carboxylic acid groups (broad SMARTS) is 1. The van der Waals surface area contributed by atoms with E-state index in [4.69, 9.17) is 5.11 Å². The molecule has 11 atom stereocenters. The van der Waals surface area contributed by atoms with Crippen LogP contribution in [0.2, 0.25) is 0 Å². The maximum absolute atomic E-state index is 13.9. The quantitative estimate of drug-likeness (QED) is 0.503. The number of carbonyl (C=O) groups excluding carboxylic acids is 3. The number of aliphatic carboxylic acids is 1. The highest BCUT2D eigenvalue weighted by Crippen LogP contribution is 2.71. The van der Waals surface area contributed by atoms with Crippen LogP contribution >= 0.6 is 0 Å². The Morgan fingerprint density at radius 1 is 1.03 bits per heavy atom. The zero-order valence-corrected chi connectivity index (χ0v) is 22.6. The van der Waals surface area contributed by atoms with Gasteiger partial charge in [-0.3, -0.25) is 19.2 Å². The van der Waals surface area contributed by atoms with Gasteiger partial charge in [-0.2, -0.15) is 0 Å². The fraction of sp³-hybridized carbons (Fsp3) is 0.862. The largest absolute Gasteiger partial charge is 0.481 e. The summed E-state index contributed by atoms with van der Waals surface area (Å²) in [6.45, 7) is 11.5. The molecular formula is C29H44O7. The van der Waals surface area contributed by atoms with Crippen LogP contribution in [-0.2, 0) is 19.2 Å². The van der Waals surface area contributed by atoms with Crippen molar-refractivity contribution in [2.45, 2.75) is 98.7 Å². The second-order valence-corrected chi connectivity index (χ2v) is 13.7. The van der Waals surface area contributed by atoms with Crippen LogP contribution in [0.4, 0.5) is 0 Å². The number of aliphatic hydroxyl groups excluding tert-OH is 2. The number of carboxylic acids is 1. The van der Waals surface area contributed by atoms with Crippen LogP contribution in [0.5, 0.6) is 0 Å². The Balaban J connectivity index is 1.64. The van der Waals surface area contributed by atoms with E-state index in [-0.39, 0.29) is 65.7 Å². The molecule has 3 N–H and O–H groups in total. The minimum atomic E-state index is -0.993. The Hall–Kier alpha value is -1.60. The van der Waals surface area contributed by atoms with Gasteiger partial charge in [0.05, 0.1) is 18.1 Å². The van der Waals surface area contributed by atoms with Crippen molar-refractivity contribution in [1.82, 2.24) is 0 Å². The lowest BCUT2D eigenvalue weighted by atomic mass is 9.40. The molecule has 0 radical (unpaired) electrons. The summed E-state index contributed by atoms with van der Waals surface area (Å²) in [6.07, 6.45) is 1.01. The van der Waals surface area contributed by atoms with Crippen LogP contribution in [0, 0.1) is 57.7 Å². The number of carbonyl (C=O) groups is 4. The standard InChI is InChI=1S/C29H44O7/c1-14(9-16(30)10-15(2)26(35)36)18-12-23(34)29(6)25-20(31)11-19-17(7-8-22(33)27(19,3)4)24(25)21(32)13-28(18,29)5/h14-15,17-20,23-25,31,34H,7-13H2,1-6H3,(H,35,36)/t14-,15+,17-,18-,19+,20-,23+,24+,25-,28-,29+/m1/s1. The molecule has 0 bridgehead atoms. The number of aliphatic hydroxyl groups is 2. The van der Waals surface area contributed by atoms with E-state index >= 15 is 0 Å². The Labute approximate surface area is 214 Å². The molecule has 0 aromatic rings. The first kappa shape index (κ1) is 27.4. The van der Waals surface area contributed by atoms with Gasteiger partial charge in [0.15, 0.2) is 0 Å². The number of hydrogen-bond acceptors (Lipinski definition) is 6. The first-order valence-electron chi connectivity index (χ1n) is 13.7. The van der Waals surface area contributed by atoms with Crippen molar-refractivity contribution in [2.75, 3.05) is 0 Å². The molecule has 0 spiro atoms. The third-order valence-electron chi connectivity index (χ3n) is 11.6. The fourth-order valence-corrected chi connectivity index (χ4v) is 9.39. The molecule has 202 valence electrons. The van der Waals surface area contributed by atoms with Crippen molar-refractivity contribution < 1.29 is 34.5 Å². The van der Waals surface area contributed by atoms with Gasteiger partial charge in [0, 0.05) is 48.3 Å². The molecule has 4 rings (SSSR count). The Bertz CT molecular complexity index is 955. The summed E-state index contributed by atoms with van der Waals surface area (Å²) in [5.41, 5.74) is -1.86. The number of ketones is 3. The third kappa shape index (κ3) is 3.82. The molecule has 0 amide bonds. The van der Waals surface area contributed by atoms with Crippen LogP contribution in [0.15, 0.2) is 0 Å². The second kappa shape index (κ2) is 9.00. The maximum Gasteiger partial charge on any atom is 0.306 e. The molecule has 0 saturated heterocycles. The van der Waals surface area contributed by atoms with E-state index < -0.39 is 40.3 Å². The molecule has 7 heteroatoms. The zero-order valence-electron chi connectivity index (χ0n) is 22.6. The minimum absolute atomic E-state index is 0.0250. The fourth-order valence-electron chi connectivity index (χ4n) is 9.39. The average molecular weight is 505 g/mol. The molecule has 4 saturated carbocycles. The summed E-state index contributed by atoms with van der Waals surface area (Å²) in [7, 11) is 0. The van der Waals surface area contributed by atoms with Crippen molar-refractivity contribution in [3.8, 4) is 0 Å². The van der Waals surface area contributed by atoms with Crippen LogP contribution < -0.4 is 0 Å². The number of rotatable bonds is 6. The van der Waals surface area contributed by atoms with Crippen LogP contribution in [-0.4, -0.2) is 50.8 Å². The molecule has 0 unspecified atom stereocenters. The minimum Gasteiger partial charge on any atom is -0.481 e. The van der Waals surface area contributed by atoms with Crippen molar-refractivity contribution in [3.63, 3.8) is 0 Å². The molecule has 0 aromatic heterocycles. The molecule has 4 fully saturated rings. The lowest BCUT2D eigenvalue weighted by Crippen LogP contribution is -2.66. The number of hydrogen-bond donors (Lipinski definition) is 3. The van der Waals surface area contributed by atoms with Crippen LogP contribution in [0.3, 0.4) is 0 Å². The first-order chi connectivity index (χ1) is 16.6. The summed E-state index contributed by atoms with van der Waals surface area (Å²) >= 11 is 0. The molecular weight excluding hydrogens is 460 g/mol. The zero-order chi connectivity index (χ0) is 27.0. The van der Waals surface area contributed by atoms with Crippen LogP contribution in [0.25, 0.3) is 0 Å². The number of fused-ring (bicyclic) bond motifs is 5. The van der Waals surface area contributed by atoms with Gasteiger partial charge in [-0.05, 0) is 48.3 Å². The molecule has 0 aliphatic heterocycles. The molecule has 4 aliphatic rings.